The standard InChI is InChI=1S/C13H18ClNO2S/c14-9-11-4-3-5-12(8-11)10-15-18(16,17)13-6-1-2-7-13/h3-5,8,13,15H,1-2,6-7,9-10H2. The third-order valence-electron chi connectivity index (χ3n) is 3.36. The molecule has 1 aliphatic rings. The van der Waals surface area contributed by atoms with Crippen LogP contribution in [0.4, 0.5) is 0 Å². The number of hydrogen-bond acceptors (Lipinski definition) is 2. The van der Waals surface area contributed by atoms with Gasteiger partial charge in [0.1, 0.15) is 0 Å². The highest BCUT2D eigenvalue weighted by Crippen LogP contribution is 2.24. The summed E-state index contributed by atoms with van der Waals surface area (Å²) in [5.41, 5.74) is 1.96. The lowest BCUT2D eigenvalue weighted by Crippen LogP contribution is -2.32. The molecule has 0 aliphatic heterocycles. The summed E-state index contributed by atoms with van der Waals surface area (Å²) in [4.78, 5) is 0. The van der Waals surface area contributed by atoms with Gasteiger partial charge in [-0.1, -0.05) is 37.1 Å². The molecule has 1 N–H and O–H groups in total. The molecule has 5 heteroatoms. The van der Waals surface area contributed by atoms with Crippen molar-refractivity contribution in [1.29, 1.82) is 0 Å². The van der Waals surface area contributed by atoms with E-state index in [1.165, 1.54) is 0 Å². The SMILES string of the molecule is O=S(=O)(NCc1cccc(CCl)c1)C1CCCC1. The molecule has 0 saturated heterocycles. The molecule has 3 nitrogen and oxygen atoms in total. The Hall–Kier alpha value is -0.580. The van der Waals surface area contributed by atoms with Gasteiger partial charge in [-0.3, -0.25) is 0 Å². The Labute approximate surface area is 114 Å². The van der Waals surface area contributed by atoms with Crippen molar-refractivity contribution in [1.82, 2.24) is 4.72 Å². The average Bonchev–Trinajstić information content (AvgIpc) is 2.91. The van der Waals surface area contributed by atoms with E-state index >= 15 is 0 Å². The Morgan fingerprint density at radius 2 is 1.89 bits per heavy atom. The topological polar surface area (TPSA) is 46.2 Å². The molecule has 0 spiro atoms. The highest BCUT2D eigenvalue weighted by atomic mass is 35.5. The van der Waals surface area contributed by atoms with Gasteiger partial charge in [0.05, 0.1) is 5.25 Å². The van der Waals surface area contributed by atoms with Gasteiger partial charge in [-0.15, -0.1) is 11.6 Å². The zero-order valence-electron chi connectivity index (χ0n) is 10.2. The molecular formula is C13H18ClNO2S. The van der Waals surface area contributed by atoms with Crippen molar-refractivity contribution in [3.05, 3.63) is 35.4 Å². The minimum atomic E-state index is -3.16. The van der Waals surface area contributed by atoms with Gasteiger partial charge in [0, 0.05) is 12.4 Å². The van der Waals surface area contributed by atoms with Crippen LogP contribution in [0.25, 0.3) is 0 Å². The molecule has 0 aromatic heterocycles. The Morgan fingerprint density at radius 3 is 2.56 bits per heavy atom. The lowest BCUT2D eigenvalue weighted by atomic mass is 10.1. The molecular weight excluding hydrogens is 270 g/mol. The van der Waals surface area contributed by atoms with Crippen LogP contribution >= 0.6 is 11.6 Å². The molecule has 1 aromatic carbocycles. The van der Waals surface area contributed by atoms with Crippen molar-refractivity contribution >= 4 is 21.6 Å². The zero-order valence-corrected chi connectivity index (χ0v) is 11.8. The maximum atomic E-state index is 12.0. The van der Waals surface area contributed by atoms with Gasteiger partial charge in [-0.05, 0) is 24.0 Å². The summed E-state index contributed by atoms with van der Waals surface area (Å²) in [5.74, 6) is 0.448. The van der Waals surface area contributed by atoms with Gasteiger partial charge in [0.2, 0.25) is 10.0 Å². The summed E-state index contributed by atoms with van der Waals surface area (Å²) in [5, 5.41) is -0.200. The van der Waals surface area contributed by atoms with E-state index in [1.54, 1.807) is 0 Å². The lowest BCUT2D eigenvalue weighted by molar-refractivity contribution is 0.564. The molecule has 2 rings (SSSR count). The van der Waals surface area contributed by atoms with Gasteiger partial charge < -0.3 is 0 Å². The van der Waals surface area contributed by atoms with Crippen LogP contribution in [0.15, 0.2) is 24.3 Å². The highest BCUT2D eigenvalue weighted by Gasteiger charge is 2.28. The van der Waals surface area contributed by atoms with E-state index in [0.717, 1.165) is 36.8 Å². The van der Waals surface area contributed by atoms with E-state index in [9.17, 15) is 8.42 Å². The number of halogens is 1. The third kappa shape index (κ3) is 3.46. The predicted octanol–water partition coefficient (Wildman–Crippen LogP) is 2.79. The van der Waals surface area contributed by atoms with Crippen LogP contribution in [0.5, 0.6) is 0 Å². The summed E-state index contributed by atoms with van der Waals surface area (Å²) in [7, 11) is -3.16. The second kappa shape index (κ2) is 6.04. The first-order valence-electron chi connectivity index (χ1n) is 6.24. The summed E-state index contributed by atoms with van der Waals surface area (Å²) in [6.45, 7) is 0.351. The normalized spacial score (nSPS) is 17.2. The Kier molecular flexibility index (Phi) is 4.65. The van der Waals surface area contributed by atoms with Gasteiger partial charge in [0.25, 0.3) is 0 Å². The monoisotopic (exact) mass is 287 g/mol. The minimum Gasteiger partial charge on any atom is -0.212 e. The van der Waals surface area contributed by atoms with Crippen LogP contribution in [-0.2, 0) is 22.4 Å². The Bertz CT molecular complexity index is 495. The molecule has 0 atom stereocenters. The summed E-state index contributed by atoms with van der Waals surface area (Å²) >= 11 is 5.75. The van der Waals surface area contributed by atoms with Crippen LogP contribution in [0.1, 0.15) is 36.8 Å². The van der Waals surface area contributed by atoms with Crippen molar-refractivity contribution in [2.45, 2.75) is 43.4 Å². The van der Waals surface area contributed by atoms with Crippen molar-refractivity contribution in [2.24, 2.45) is 0 Å². The van der Waals surface area contributed by atoms with Crippen LogP contribution in [0.3, 0.4) is 0 Å². The predicted molar refractivity (Wildman–Crippen MR) is 74.0 cm³/mol. The van der Waals surface area contributed by atoms with Crippen molar-refractivity contribution < 1.29 is 8.42 Å². The Balaban J connectivity index is 1.97. The molecule has 0 heterocycles. The van der Waals surface area contributed by atoms with E-state index in [4.69, 9.17) is 11.6 Å². The molecule has 1 aromatic rings. The maximum Gasteiger partial charge on any atom is 0.214 e. The van der Waals surface area contributed by atoms with Crippen LogP contribution in [0.2, 0.25) is 0 Å². The van der Waals surface area contributed by atoms with Crippen molar-refractivity contribution in [3.8, 4) is 0 Å². The molecule has 0 radical (unpaired) electrons. The first kappa shape index (κ1) is 13.8. The second-order valence-electron chi connectivity index (χ2n) is 4.73. The molecule has 0 amide bonds. The average molecular weight is 288 g/mol. The van der Waals surface area contributed by atoms with Gasteiger partial charge in [0.15, 0.2) is 0 Å². The first-order chi connectivity index (χ1) is 8.62. The number of hydrogen-bond donors (Lipinski definition) is 1. The number of benzene rings is 1. The zero-order chi connectivity index (χ0) is 13.0. The van der Waals surface area contributed by atoms with Gasteiger partial charge in [-0.2, -0.15) is 0 Å². The quantitative estimate of drug-likeness (QED) is 0.847. The molecule has 1 aliphatic carbocycles. The largest absolute Gasteiger partial charge is 0.214 e. The third-order valence-corrected chi connectivity index (χ3v) is 5.57. The van der Waals surface area contributed by atoms with E-state index in [1.807, 2.05) is 24.3 Å². The molecule has 1 saturated carbocycles. The van der Waals surface area contributed by atoms with Gasteiger partial charge >= 0.3 is 0 Å². The van der Waals surface area contributed by atoms with E-state index in [2.05, 4.69) is 4.72 Å². The Morgan fingerprint density at radius 1 is 1.22 bits per heavy atom. The minimum absolute atomic E-state index is 0.200. The van der Waals surface area contributed by atoms with Crippen molar-refractivity contribution in [3.63, 3.8) is 0 Å². The number of rotatable bonds is 5. The highest BCUT2D eigenvalue weighted by molar-refractivity contribution is 7.90. The summed E-state index contributed by atoms with van der Waals surface area (Å²) in [6, 6.07) is 7.68. The van der Waals surface area contributed by atoms with E-state index < -0.39 is 10.0 Å². The molecule has 0 unspecified atom stereocenters. The fourth-order valence-electron chi connectivity index (χ4n) is 2.32. The van der Waals surface area contributed by atoms with E-state index in [-0.39, 0.29) is 5.25 Å². The number of nitrogens with one attached hydrogen (secondary N) is 1. The lowest BCUT2D eigenvalue weighted by Gasteiger charge is -2.12. The summed E-state index contributed by atoms with van der Waals surface area (Å²) < 4.78 is 26.7. The van der Waals surface area contributed by atoms with E-state index in [0.29, 0.717) is 12.4 Å². The maximum absolute atomic E-state index is 12.0. The fourth-order valence-corrected chi connectivity index (χ4v) is 4.05. The molecule has 1 fully saturated rings. The fraction of sp³-hybridized carbons (Fsp3) is 0.538. The number of alkyl halides is 1. The van der Waals surface area contributed by atoms with Crippen LogP contribution < -0.4 is 4.72 Å². The molecule has 0 bridgehead atoms. The summed E-state index contributed by atoms with van der Waals surface area (Å²) in [6.07, 6.45) is 3.62. The molecule has 18 heavy (non-hydrogen) atoms. The first-order valence-corrected chi connectivity index (χ1v) is 8.32. The van der Waals surface area contributed by atoms with Crippen molar-refractivity contribution in [2.75, 3.05) is 0 Å². The second-order valence-corrected chi connectivity index (χ2v) is 7.04. The number of sulfonamides is 1. The van der Waals surface area contributed by atoms with Crippen LogP contribution in [-0.4, -0.2) is 13.7 Å². The molecule has 100 valence electrons. The smallest absolute Gasteiger partial charge is 0.212 e. The van der Waals surface area contributed by atoms with Gasteiger partial charge in [-0.25, -0.2) is 13.1 Å². The van der Waals surface area contributed by atoms with Crippen LogP contribution in [0, 0.1) is 0 Å².